The Labute approximate surface area is 200 Å². The van der Waals surface area contributed by atoms with Gasteiger partial charge in [-0.2, -0.15) is 0 Å². The van der Waals surface area contributed by atoms with Gasteiger partial charge in [0, 0.05) is 31.9 Å². The minimum absolute atomic E-state index is 0.0427. The third kappa shape index (κ3) is 8.93. The molecule has 0 spiro atoms. The summed E-state index contributed by atoms with van der Waals surface area (Å²) in [7, 11) is 2.00. The molecular weight excluding hydrogens is 416 g/mol. The molecule has 3 rings (SSSR count). The molecule has 0 aromatic rings. The molecule has 0 bridgehead atoms. The van der Waals surface area contributed by atoms with E-state index in [2.05, 4.69) is 33.9 Å². The van der Waals surface area contributed by atoms with Crippen molar-refractivity contribution < 1.29 is 14.3 Å². The highest BCUT2D eigenvalue weighted by atomic mass is 16.5. The lowest BCUT2D eigenvalue weighted by Crippen LogP contribution is -2.45. The van der Waals surface area contributed by atoms with E-state index in [-0.39, 0.29) is 30.9 Å². The summed E-state index contributed by atoms with van der Waals surface area (Å²) in [6.07, 6.45) is 15.4. The van der Waals surface area contributed by atoms with E-state index in [1.165, 1.54) is 37.8 Å². The van der Waals surface area contributed by atoms with Crippen molar-refractivity contribution in [1.29, 1.82) is 0 Å². The average Bonchev–Trinajstić information content (AvgIpc) is 3.64. The van der Waals surface area contributed by atoms with Gasteiger partial charge in [0.1, 0.15) is 0 Å². The molecule has 1 aliphatic heterocycles. The van der Waals surface area contributed by atoms with E-state index < -0.39 is 0 Å². The Morgan fingerprint density at radius 2 is 1.76 bits per heavy atom. The fourth-order valence-electron chi connectivity index (χ4n) is 5.26. The van der Waals surface area contributed by atoms with Crippen LogP contribution in [0.3, 0.4) is 0 Å². The summed E-state index contributed by atoms with van der Waals surface area (Å²) >= 11 is 0. The molecule has 2 saturated carbocycles. The highest BCUT2D eigenvalue weighted by molar-refractivity contribution is 5.85. The standard InChI is InChI=1S/C26H46N4O3/c1-3-4-5-11-22-26(21-13-14-21)28-16-17-33-23-12-7-6-9-20(23)10-8-15-27-24(31)18-29-25(32)19-30(22)2/h11,20-21,23,26,28H,3-10,12-19H2,1-2H3,(H,27,31)(H,29,32)/b22-11-. The lowest BCUT2D eigenvalue weighted by atomic mass is 9.83. The van der Waals surface area contributed by atoms with Crippen LogP contribution in [0.1, 0.15) is 77.6 Å². The Kier molecular flexibility index (Phi) is 11.0. The number of nitrogens with one attached hydrogen (secondary N) is 3. The number of allylic oxidation sites excluding steroid dienone is 1. The molecule has 1 saturated heterocycles. The molecule has 2 amide bonds. The minimum Gasteiger partial charge on any atom is -0.377 e. The molecular formula is C26H46N4O3. The number of hydrogen-bond acceptors (Lipinski definition) is 5. The van der Waals surface area contributed by atoms with E-state index in [1.807, 2.05) is 7.05 Å². The van der Waals surface area contributed by atoms with Gasteiger partial charge in [-0.25, -0.2) is 0 Å². The van der Waals surface area contributed by atoms with E-state index >= 15 is 0 Å². The maximum Gasteiger partial charge on any atom is 0.239 e. The zero-order chi connectivity index (χ0) is 23.5. The van der Waals surface area contributed by atoms with Crippen molar-refractivity contribution in [2.45, 2.75) is 89.7 Å². The van der Waals surface area contributed by atoms with Crippen LogP contribution in [0, 0.1) is 11.8 Å². The van der Waals surface area contributed by atoms with Gasteiger partial charge in [-0.05, 0) is 56.8 Å². The van der Waals surface area contributed by atoms with E-state index in [1.54, 1.807) is 0 Å². The van der Waals surface area contributed by atoms with Gasteiger partial charge in [0.05, 0.1) is 25.8 Å². The van der Waals surface area contributed by atoms with Crippen molar-refractivity contribution in [1.82, 2.24) is 20.9 Å². The number of nitrogens with zero attached hydrogens (tertiary/aromatic N) is 1. The summed E-state index contributed by atoms with van der Waals surface area (Å²) in [5.41, 5.74) is 1.21. The van der Waals surface area contributed by atoms with Crippen LogP contribution in [0.25, 0.3) is 0 Å². The highest BCUT2D eigenvalue weighted by Crippen LogP contribution is 2.36. The second-order valence-corrected chi connectivity index (χ2v) is 10.1. The third-order valence-electron chi connectivity index (χ3n) is 7.30. The molecule has 0 radical (unpaired) electrons. The van der Waals surface area contributed by atoms with Crippen LogP contribution in [0.5, 0.6) is 0 Å². The van der Waals surface area contributed by atoms with Crippen LogP contribution in [0.15, 0.2) is 11.8 Å². The first kappa shape index (κ1) is 26.0. The quantitative estimate of drug-likeness (QED) is 0.560. The first-order valence-corrected chi connectivity index (χ1v) is 13.4. The lowest BCUT2D eigenvalue weighted by molar-refractivity contribution is -0.126. The molecule has 188 valence electrons. The summed E-state index contributed by atoms with van der Waals surface area (Å²) in [6.45, 7) is 4.74. The second kappa shape index (κ2) is 14.0. The van der Waals surface area contributed by atoms with Crippen LogP contribution in [-0.2, 0) is 14.3 Å². The Balaban J connectivity index is 1.69. The Morgan fingerprint density at radius 1 is 0.970 bits per heavy atom. The largest absolute Gasteiger partial charge is 0.377 e. The first-order chi connectivity index (χ1) is 16.1. The summed E-state index contributed by atoms with van der Waals surface area (Å²) in [4.78, 5) is 26.8. The SMILES string of the molecule is CCCC/C=C1/C(C2CC2)NCCOC2CCCCC2CCCNC(=O)CNC(=O)CN1C. The molecule has 1 heterocycles. The van der Waals surface area contributed by atoms with E-state index in [9.17, 15) is 9.59 Å². The van der Waals surface area contributed by atoms with Gasteiger partial charge in [-0.3, -0.25) is 9.59 Å². The number of carbonyl (C=O) groups excluding carboxylic acids is 2. The normalized spacial score (nSPS) is 30.7. The van der Waals surface area contributed by atoms with Crippen molar-refractivity contribution >= 4 is 11.8 Å². The number of hydrogen-bond donors (Lipinski definition) is 3. The van der Waals surface area contributed by atoms with Gasteiger partial charge < -0.3 is 25.6 Å². The van der Waals surface area contributed by atoms with Crippen molar-refractivity contribution in [3.63, 3.8) is 0 Å². The average molecular weight is 463 g/mol. The van der Waals surface area contributed by atoms with E-state index in [4.69, 9.17) is 4.74 Å². The van der Waals surface area contributed by atoms with Crippen LogP contribution >= 0.6 is 0 Å². The predicted molar refractivity (Wildman–Crippen MR) is 132 cm³/mol. The first-order valence-electron chi connectivity index (χ1n) is 13.4. The molecule has 3 atom stereocenters. The summed E-state index contributed by atoms with van der Waals surface area (Å²) in [5, 5.41) is 9.54. The smallest absolute Gasteiger partial charge is 0.239 e. The summed E-state index contributed by atoms with van der Waals surface area (Å²) in [6, 6.07) is 0.257. The van der Waals surface area contributed by atoms with Gasteiger partial charge in [-0.1, -0.05) is 38.7 Å². The van der Waals surface area contributed by atoms with Gasteiger partial charge >= 0.3 is 0 Å². The van der Waals surface area contributed by atoms with Crippen LogP contribution in [0.4, 0.5) is 0 Å². The van der Waals surface area contributed by atoms with Crippen molar-refractivity contribution in [3.8, 4) is 0 Å². The topological polar surface area (TPSA) is 82.7 Å². The van der Waals surface area contributed by atoms with Crippen molar-refractivity contribution in [2.75, 3.05) is 39.8 Å². The minimum atomic E-state index is -0.113. The molecule has 7 nitrogen and oxygen atoms in total. The number of amides is 2. The van der Waals surface area contributed by atoms with Crippen LogP contribution in [-0.4, -0.2) is 68.7 Å². The number of ether oxygens (including phenoxy) is 1. The summed E-state index contributed by atoms with van der Waals surface area (Å²) in [5.74, 6) is 0.990. The zero-order valence-corrected chi connectivity index (χ0v) is 20.9. The summed E-state index contributed by atoms with van der Waals surface area (Å²) < 4.78 is 6.39. The van der Waals surface area contributed by atoms with Gasteiger partial charge in [0.25, 0.3) is 0 Å². The molecule has 0 aromatic carbocycles. The van der Waals surface area contributed by atoms with Crippen molar-refractivity contribution in [3.05, 3.63) is 11.8 Å². The molecule has 3 N–H and O–H groups in total. The maximum absolute atomic E-state index is 12.6. The number of likely N-dealkylation sites (N-methyl/N-ethyl adjacent to an activating group) is 1. The molecule has 33 heavy (non-hydrogen) atoms. The maximum atomic E-state index is 12.6. The van der Waals surface area contributed by atoms with Gasteiger partial charge in [0.2, 0.25) is 11.8 Å². The number of carbonyl (C=O) groups is 2. The molecule has 2 aliphatic carbocycles. The number of unbranched alkanes of at least 4 members (excludes halogenated alkanes) is 2. The Hall–Kier alpha value is -1.60. The van der Waals surface area contributed by atoms with E-state index in [0.29, 0.717) is 24.5 Å². The molecule has 7 heteroatoms. The monoisotopic (exact) mass is 462 g/mol. The molecule has 3 fully saturated rings. The third-order valence-corrected chi connectivity index (χ3v) is 7.30. The molecule has 0 aromatic heterocycles. The van der Waals surface area contributed by atoms with Gasteiger partial charge in [0.15, 0.2) is 0 Å². The fourth-order valence-corrected chi connectivity index (χ4v) is 5.26. The van der Waals surface area contributed by atoms with Gasteiger partial charge in [-0.15, -0.1) is 0 Å². The zero-order valence-electron chi connectivity index (χ0n) is 20.9. The molecule has 3 aliphatic rings. The van der Waals surface area contributed by atoms with Crippen LogP contribution in [0.2, 0.25) is 0 Å². The number of fused-ring (bicyclic) bond motifs is 1. The lowest BCUT2D eigenvalue weighted by Gasteiger charge is -2.33. The highest BCUT2D eigenvalue weighted by Gasteiger charge is 2.35. The van der Waals surface area contributed by atoms with E-state index in [0.717, 1.165) is 51.7 Å². The van der Waals surface area contributed by atoms with Crippen molar-refractivity contribution in [2.24, 2.45) is 11.8 Å². The molecule has 3 unspecified atom stereocenters. The second-order valence-electron chi connectivity index (χ2n) is 10.1. The number of rotatable bonds is 4. The Bertz CT molecular complexity index is 649. The Morgan fingerprint density at radius 3 is 2.55 bits per heavy atom. The fraction of sp³-hybridized carbons (Fsp3) is 0.846. The predicted octanol–water partition coefficient (Wildman–Crippen LogP) is 2.96. The van der Waals surface area contributed by atoms with Crippen LogP contribution < -0.4 is 16.0 Å².